The van der Waals surface area contributed by atoms with E-state index in [0.29, 0.717) is 24.8 Å². The second kappa shape index (κ2) is 8.13. The molecule has 6 nitrogen and oxygen atoms in total. The van der Waals surface area contributed by atoms with Crippen LogP contribution >= 0.6 is 0 Å². The molecule has 1 unspecified atom stereocenters. The number of carboxylic acid groups (broad SMARTS) is 1. The summed E-state index contributed by atoms with van der Waals surface area (Å²) in [5.41, 5.74) is 0.346. The Morgan fingerprint density at radius 1 is 1.19 bits per heavy atom. The Balaban J connectivity index is 1.72. The Labute approximate surface area is 153 Å². The van der Waals surface area contributed by atoms with Crippen LogP contribution < -0.4 is 4.74 Å². The van der Waals surface area contributed by atoms with E-state index < -0.39 is 23.6 Å². The van der Waals surface area contributed by atoms with Crippen LogP contribution in [0.1, 0.15) is 16.8 Å². The van der Waals surface area contributed by atoms with Crippen LogP contribution in [0, 0.1) is 11.6 Å². The van der Waals surface area contributed by atoms with Gasteiger partial charge in [-0.2, -0.15) is 0 Å². The first-order valence-electron chi connectivity index (χ1n) is 8.27. The second-order valence-corrected chi connectivity index (χ2v) is 6.03. The largest absolute Gasteiger partial charge is 0.481 e. The van der Waals surface area contributed by atoms with E-state index in [4.69, 9.17) is 14.6 Å². The molecule has 142 valence electrons. The lowest BCUT2D eigenvalue weighted by Crippen LogP contribution is -2.49. The Bertz CT molecular complexity index is 840. The van der Waals surface area contributed by atoms with E-state index in [9.17, 15) is 18.4 Å². The summed E-state index contributed by atoms with van der Waals surface area (Å²) in [6.45, 7) is 0.811. The Kier molecular flexibility index (Phi) is 5.66. The minimum absolute atomic E-state index is 0.134. The molecule has 0 aromatic heterocycles. The number of carbonyl (C=O) groups is 2. The number of aliphatic carboxylic acids is 1. The van der Waals surface area contributed by atoms with Gasteiger partial charge in [0, 0.05) is 18.2 Å². The zero-order valence-corrected chi connectivity index (χ0v) is 14.2. The molecule has 2 aromatic carbocycles. The molecule has 1 atom stereocenters. The van der Waals surface area contributed by atoms with Crippen LogP contribution in [0.25, 0.3) is 0 Å². The van der Waals surface area contributed by atoms with Gasteiger partial charge in [-0.05, 0) is 36.4 Å². The lowest BCUT2D eigenvalue weighted by molar-refractivity contribution is -0.139. The van der Waals surface area contributed by atoms with Crippen molar-refractivity contribution in [1.82, 2.24) is 4.90 Å². The summed E-state index contributed by atoms with van der Waals surface area (Å²) in [6.07, 6.45) is -0.198. The Morgan fingerprint density at radius 2 is 1.93 bits per heavy atom. The molecule has 8 heteroatoms. The summed E-state index contributed by atoms with van der Waals surface area (Å²) in [4.78, 5) is 25.1. The van der Waals surface area contributed by atoms with Gasteiger partial charge in [-0.3, -0.25) is 9.59 Å². The Morgan fingerprint density at radius 3 is 2.59 bits per heavy atom. The number of morpholine rings is 1. The number of benzene rings is 2. The number of nitrogens with zero attached hydrogens (tertiary/aromatic N) is 1. The van der Waals surface area contributed by atoms with Crippen molar-refractivity contribution in [1.29, 1.82) is 0 Å². The van der Waals surface area contributed by atoms with Crippen molar-refractivity contribution >= 4 is 11.9 Å². The number of halogens is 2. The molecule has 0 radical (unpaired) electrons. The molecule has 1 N–H and O–H groups in total. The van der Waals surface area contributed by atoms with E-state index in [-0.39, 0.29) is 30.4 Å². The zero-order valence-electron chi connectivity index (χ0n) is 14.2. The standard InChI is InChI=1S/C19H17F2NO5/c20-13-3-6-17(16(21)9-13)27-15-4-1-12(2-5-15)19(25)22-7-8-26-11-14(22)10-18(23)24/h1-6,9,14H,7-8,10-11H2,(H,23,24). The quantitative estimate of drug-likeness (QED) is 0.867. The minimum atomic E-state index is -1.01. The fraction of sp³-hybridized carbons (Fsp3) is 0.263. The summed E-state index contributed by atoms with van der Waals surface area (Å²) in [6, 6.07) is 8.43. The molecule has 1 aliphatic rings. The van der Waals surface area contributed by atoms with Crippen molar-refractivity contribution in [3.05, 3.63) is 59.7 Å². The van der Waals surface area contributed by atoms with E-state index in [1.54, 1.807) is 0 Å². The van der Waals surface area contributed by atoms with Gasteiger partial charge in [0.1, 0.15) is 11.6 Å². The average molecular weight is 377 g/mol. The van der Waals surface area contributed by atoms with Crippen LogP contribution in [0.2, 0.25) is 0 Å². The van der Waals surface area contributed by atoms with Crippen LogP contribution in [0.15, 0.2) is 42.5 Å². The third kappa shape index (κ3) is 4.59. The third-order valence-electron chi connectivity index (χ3n) is 4.12. The van der Waals surface area contributed by atoms with Crippen LogP contribution in [-0.2, 0) is 9.53 Å². The maximum absolute atomic E-state index is 13.6. The molecule has 1 saturated heterocycles. The third-order valence-corrected chi connectivity index (χ3v) is 4.12. The van der Waals surface area contributed by atoms with E-state index in [2.05, 4.69) is 0 Å². The average Bonchev–Trinajstić information content (AvgIpc) is 2.64. The van der Waals surface area contributed by atoms with Crippen LogP contribution in [0.4, 0.5) is 8.78 Å². The van der Waals surface area contributed by atoms with Gasteiger partial charge in [0.05, 0.1) is 25.7 Å². The van der Waals surface area contributed by atoms with Gasteiger partial charge in [-0.25, -0.2) is 8.78 Å². The maximum atomic E-state index is 13.6. The fourth-order valence-electron chi connectivity index (χ4n) is 2.81. The number of ether oxygens (including phenoxy) is 2. The van der Waals surface area contributed by atoms with Gasteiger partial charge < -0.3 is 19.5 Å². The molecule has 0 saturated carbocycles. The van der Waals surface area contributed by atoms with Crippen molar-refractivity contribution in [3.63, 3.8) is 0 Å². The van der Waals surface area contributed by atoms with Crippen LogP contribution in [0.5, 0.6) is 11.5 Å². The number of carboxylic acids is 1. The molecule has 1 aliphatic heterocycles. The first-order valence-corrected chi connectivity index (χ1v) is 8.27. The molecular formula is C19H17F2NO5. The smallest absolute Gasteiger partial charge is 0.305 e. The van der Waals surface area contributed by atoms with Crippen LogP contribution in [-0.4, -0.2) is 47.7 Å². The highest BCUT2D eigenvalue weighted by atomic mass is 19.1. The van der Waals surface area contributed by atoms with Gasteiger partial charge in [-0.1, -0.05) is 0 Å². The number of rotatable bonds is 5. The Hall–Kier alpha value is -3.00. The first kappa shape index (κ1) is 18.8. The predicted octanol–water partition coefficient (Wildman–Crippen LogP) is 3.07. The van der Waals surface area contributed by atoms with Gasteiger partial charge in [0.15, 0.2) is 11.6 Å². The highest BCUT2D eigenvalue weighted by Gasteiger charge is 2.29. The maximum Gasteiger partial charge on any atom is 0.305 e. The molecule has 1 fully saturated rings. The lowest BCUT2D eigenvalue weighted by atomic mass is 10.1. The van der Waals surface area contributed by atoms with Crippen molar-refractivity contribution in [2.24, 2.45) is 0 Å². The predicted molar refractivity (Wildman–Crippen MR) is 90.8 cm³/mol. The van der Waals surface area contributed by atoms with Gasteiger partial charge in [0.25, 0.3) is 5.91 Å². The molecule has 0 spiro atoms. The number of amides is 1. The van der Waals surface area contributed by atoms with Crippen molar-refractivity contribution in [3.8, 4) is 11.5 Å². The van der Waals surface area contributed by atoms with Gasteiger partial charge >= 0.3 is 5.97 Å². The second-order valence-electron chi connectivity index (χ2n) is 6.03. The molecule has 0 aliphatic carbocycles. The molecule has 1 heterocycles. The normalized spacial score (nSPS) is 16.8. The molecule has 0 bridgehead atoms. The highest BCUT2D eigenvalue weighted by molar-refractivity contribution is 5.94. The summed E-state index contributed by atoms with van der Waals surface area (Å²) in [7, 11) is 0. The molecule has 3 rings (SSSR count). The van der Waals surface area contributed by atoms with Crippen molar-refractivity contribution in [2.45, 2.75) is 12.5 Å². The fourth-order valence-corrected chi connectivity index (χ4v) is 2.81. The van der Waals surface area contributed by atoms with Gasteiger partial charge in [0.2, 0.25) is 0 Å². The lowest BCUT2D eigenvalue weighted by Gasteiger charge is -2.34. The summed E-state index contributed by atoms with van der Waals surface area (Å²) in [5, 5.41) is 8.99. The zero-order chi connectivity index (χ0) is 19.4. The van der Waals surface area contributed by atoms with E-state index in [1.807, 2.05) is 0 Å². The number of hydrogen-bond acceptors (Lipinski definition) is 4. The van der Waals surface area contributed by atoms with E-state index in [0.717, 1.165) is 6.07 Å². The number of carbonyl (C=O) groups excluding carboxylic acids is 1. The summed E-state index contributed by atoms with van der Waals surface area (Å²) < 4.78 is 37.2. The SMILES string of the molecule is O=C(O)CC1COCCN1C(=O)c1ccc(Oc2ccc(F)cc2F)cc1. The van der Waals surface area contributed by atoms with Crippen molar-refractivity contribution in [2.75, 3.05) is 19.8 Å². The van der Waals surface area contributed by atoms with E-state index in [1.165, 1.54) is 35.2 Å². The summed E-state index contributed by atoms with van der Waals surface area (Å²) in [5.74, 6) is -2.72. The highest BCUT2D eigenvalue weighted by Crippen LogP contribution is 2.26. The molecular weight excluding hydrogens is 360 g/mol. The topological polar surface area (TPSA) is 76.1 Å². The summed E-state index contributed by atoms with van der Waals surface area (Å²) >= 11 is 0. The van der Waals surface area contributed by atoms with Crippen LogP contribution in [0.3, 0.4) is 0 Å². The molecule has 1 amide bonds. The van der Waals surface area contributed by atoms with E-state index >= 15 is 0 Å². The monoisotopic (exact) mass is 377 g/mol. The van der Waals surface area contributed by atoms with Crippen molar-refractivity contribution < 1.29 is 33.0 Å². The number of hydrogen-bond donors (Lipinski definition) is 1. The first-order chi connectivity index (χ1) is 12.9. The molecule has 27 heavy (non-hydrogen) atoms. The van der Waals surface area contributed by atoms with Gasteiger partial charge in [-0.15, -0.1) is 0 Å². The minimum Gasteiger partial charge on any atom is -0.481 e. The molecule has 2 aromatic rings.